The molecule has 0 radical (unpaired) electrons. The Morgan fingerprint density at radius 1 is 1.24 bits per heavy atom. The van der Waals surface area contributed by atoms with E-state index in [0.717, 1.165) is 5.56 Å². The molecule has 1 aliphatic rings. The topological polar surface area (TPSA) is 52.6 Å². The molecule has 1 fully saturated rings. The average Bonchev–Trinajstić information content (AvgIpc) is 2.38. The largest absolute Gasteiger partial charge is 0.632 e. The number of quaternary nitrogens is 1. The molecule has 0 N–H and O–H groups in total. The second-order valence-electron chi connectivity index (χ2n) is 6.62. The van der Waals surface area contributed by atoms with Crippen molar-refractivity contribution in [2.75, 3.05) is 26.2 Å². The van der Waals surface area contributed by atoms with E-state index in [9.17, 15) is 10.0 Å². The summed E-state index contributed by atoms with van der Waals surface area (Å²) in [5, 5.41) is 12.7. The van der Waals surface area contributed by atoms with Gasteiger partial charge in [-0.3, -0.25) is 4.90 Å². The molecular formula is C16H24N2O3. The molecule has 5 heteroatoms. The molecule has 5 nitrogen and oxygen atoms in total. The van der Waals surface area contributed by atoms with Crippen LogP contribution in [0.3, 0.4) is 0 Å². The number of hydrogen-bond donors (Lipinski definition) is 0. The molecule has 0 atom stereocenters. The number of ether oxygens (including phenoxy) is 1. The summed E-state index contributed by atoms with van der Waals surface area (Å²) in [6, 6.07) is 9.77. The summed E-state index contributed by atoms with van der Waals surface area (Å²) in [7, 11) is 0. The Balaban J connectivity index is 1.89. The predicted octanol–water partition coefficient (Wildman–Crippen LogP) is 2.75. The number of amides is 1. The molecule has 0 bridgehead atoms. The molecular weight excluding hydrogens is 268 g/mol. The molecule has 2 rings (SSSR count). The van der Waals surface area contributed by atoms with Crippen LogP contribution in [0.15, 0.2) is 30.3 Å². The van der Waals surface area contributed by atoms with Crippen LogP contribution in [0.25, 0.3) is 0 Å². The van der Waals surface area contributed by atoms with E-state index in [4.69, 9.17) is 4.74 Å². The van der Waals surface area contributed by atoms with E-state index < -0.39 is 5.60 Å². The van der Waals surface area contributed by atoms with Gasteiger partial charge in [0, 0.05) is 5.56 Å². The summed E-state index contributed by atoms with van der Waals surface area (Å²) >= 11 is 0. The first-order valence-corrected chi connectivity index (χ1v) is 7.36. The third-order valence-corrected chi connectivity index (χ3v) is 3.52. The molecule has 0 saturated carbocycles. The maximum absolute atomic E-state index is 12.7. The minimum Gasteiger partial charge on any atom is -0.632 e. The van der Waals surface area contributed by atoms with Crippen LogP contribution in [0.5, 0.6) is 0 Å². The third-order valence-electron chi connectivity index (χ3n) is 3.52. The molecule has 1 saturated heterocycles. The zero-order chi connectivity index (χ0) is 15.5. The maximum Gasteiger partial charge on any atom is 0.410 e. The van der Waals surface area contributed by atoms with Gasteiger partial charge in [-0.2, -0.15) is 0 Å². The molecule has 0 aromatic heterocycles. The highest BCUT2D eigenvalue weighted by Crippen LogP contribution is 2.18. The number of rotatable bonds is 2. The molecule has 0 unspecified atom stereocenters. The van der Waals surface area contributed by atoms with E-state index in [2.05, 4.69) is 0 Å². The number of hydrogen-bond acceptors (Lipinski definition) is 3. The van der Waals surface area contributed by atoms with Crippen molar-refractivity contribution >= 4 is 6.09 Å². The van der Waals surface area contributed by atoms with Gasteiger partial charge in [-0.25, -0.2) is 4.79 Å². The molecule has 0 aliphatic carbocycles. The summed E-state index contributed by atoms with van der Waals surface area (Å²) in [6.07, 6.45) is -0.325. The Morgan fingerprint density at radius 3 is 2.33 bits per heavy atom. The Morgan fingerprint density at radius 2 is 1.81 bits per heavy atom. The number of carbonyl (C=O) groups excluding carboxylic acids is 1. The molecule has 1 amide bonds. The quantitative estimate of drug-likeness (QED) is 0.622. The van der Waals surface area contributed by atoms with Crippen LogP contribution < -0.4 is 0 Å². The first-order valence-electron chi connectivity index (χ1n) is 7.36. The fourth-order valence-corrected chi connectivity index (χ4v) is 2.41. The molecule has 116 valence electrons. The second-order valence-corrected chi connectivity index (χ2v) is 6.62. The third kappa shape index (κ3) is 4.72. The number of carbonyl (C=O) groups is 1. The molecule has 0 spiro atoms. The zero-order valence-electron chi connectivity index (χ0n) is 13.0. The van der Waals surface area contributed by atoms with Gasteiger partial charge in [-0.15, -0.1) is 0 Å². The smallest absolute Gasteiger partial charge is 0.410 e. The lowest BCUT2D eigenvalue weighted by atomic mass is 10.2. The summed E-state index contributed by atoms with van der Waals surface area (Å²) in [6.45, 7) is 7.72. The van der Waals surface area contributed by atoms with Crippen molar-refractivity contribution in [3.05, 3.63) is 41.1 Å². The van der Waals surface area contributed by atoms with Gasteiger partial charge >= 0.3 is 6.09 Å². The summed E-state index contributed by atoms with van der Waals surface area (Å²) in [4.78, 5) is 13.6. The van der Waals surface area contributed by atoms with Crippen molar-refractivity contribution in [1.82, 2.24) is 4.90 Å². The lowest BCUT2D eigenvalue weighted by molar-refractivity contribution is -0.897. The summed E-state index contributed by atoms with van der Waals surface area (Å²) in [5.74, 6) is 0. The van der Waals surface area contributed by atoms with Crippen molar-refractivity contribution in [2.24, 2.45) is 0 Å². The molecule has 1 aromatic rings. The van der Waals surface area contributed by atoms with Gasteiger partial charge in [0.05, 0.1) is 26.2 Å². The van der Waals surface area contributed by atoms with Crippen molar-refractivity contribution in [2.45, 2.75) is 32.9 Å². The molecule has 1 heterocycles. The Kier molecular flexibility index (Phi) is 4.54. The number of benzene rings is 1. The SMILES string of the molecule is CC(C)(C)OC(=O)N1CC[N+]([O-])(Cc2ccccc2)CC1. The fourth-order valence-electron chi connectivity index (χ4n) is 2.41. The monoisotopic (exact) mass is 292 g/mol. The van der Waals surface area contributed by atoms with Crippen molar-refractivity contribution in [3.8, 4) is 0 Å². The maximum atomic E-state index is 12.7. The van der Waals surface area contributed by atoms with Crippen LogP contribution in [0.2, 0.25) is 0 Å². The van der Waals surface area contributed by atoms with Gasteiger partial charge in [0.2, 0.25) is 0 Å². The minimum absolute atomic E-state index is 0.274. The van der Waals surface area contributed by atoms with Crippen LogP contribution in [0.1, 0.15) is 26.3 Å². The van der Waals surface area contributed by atoms with E-state index >= 15 is 0 Å². The lowest BCUT2D eigenvalue weighted by Crippen LogP contribution is -2.57. The number of hydroxylamine groups is 3. The predicted molar refractivity (Wildman–Crippen MR) is 81.3 cm³/mol. The first-order chi connectivity index (χ1) is 9.77. The Hall–Kier alpha value is -1.59. The zero-order valence-corrected chi connectivity index (χ0v) is 13.0. The normalized spacial score (nSPS) is 18.4. The minimum atomic E-state index is -0.498. The van der Waals surface area contributed by atoms with Gasteiger partial charge in [-0.1, -0.05) is 30.3 Å². The van der Waals surface area contributed by atoms with Crippen LogP contribution in [0.4, 0.5) is 4.79 Å². The van der Waals surface area contributed by atoms with Gasteiger partial charge in [-0.05, 0) is 20.8 Å². The van der Waals surface area contributed by atoms with E-state index in [-0.39, 0.29) is 10.7 Å². The van der Waals surface area contributed by atoms with Gasteiger partial charge in [0.25, 0.3) is 0 Å². The Labute approximate surface area is 126 Å². The lowest BCUT2D eigenvalue weighted by Gasteiger charge is -2.48. The standard InChI is InChI=1S/C16H24N2O3/c1-16(2,3)21-15(19)17-9-11-18(20,12-10-17)13-14-7-5-4-6-8-14/h4-8H,9-13H2,1-3H3. The van der Waals surface area contributed by atoms with Crippen molar-refractivity contribution in [1.29, 1.82) is 0 Å². The van der Waals surface area contributed by atoms with E-state index in [1.165, 1.54) is 0 Å². The van der Waals surface area contributed by atoms with Crippen LogP contribution >= 0.6 is 0 Å². The number of piperazine rings is 1. The molecule has 1 aromatic carbocycles. The molecule has 21 heavy (non-hydrogen) atoms. The highest BCUT2D eigenvalue weighted by Gasteiger charge is 2.30. The Bertz CT molecular complexity index is 474. The average molecular weight is 292 g/mol. The first kappa shape index (κ1) is 15.8. The summed E-state index contributed by atoms with van der Waals surface area (Å²) in [5.41, 5.74) is 0.542. The van der Waals surface area contributed by atoms with Crippen LogP contribution in [-0.2, 0) is 11.3 Å². The number of nitrogens with zero attached hydrogens (tertiary/aromatic N) is 2. The van der Waals surface area contributed by atoms with Crippen molar-refractivity contribution < 1.29 is 14.2 Å². The van der Waals surface area contributed by atoms with E-state index in [0.29, 0.717) is 32.7 Å². The van der Waals surface area contributed by atoms with Crippen LogP contribution in [-0.4, -0.2) is 47.4 Å². The fraction of sp³-hybridized carbons (Fsp3) is 0.562. The van der Waals surface area contributed by atoms with Crippen LogP contribution in [0, 0.1) is 5.21 Å². The van der Waals surface area contributed by atoms with Gasteiger partial charge in [0.1, 0.15) is 12.1 Å². The van der Waals surface area contributed by atoms with Crippen molar-refractivity contribution in [3.63, 3.8) is 0 Å². The van der Waals surface area contributed by atoms with Gasteiger partial charge < -0.3 is 14.6 Å². The highest BCUT2D eigenvalue weighted by atomic mass is 16.6. The van der Waals surface area contributed by atoms with E-state index in [1.54, 1.807) is 4.90 Å². The highest BCUT2D eigenvalue weighted by molar-refractivity contribution is 5.68. The summed E-state index contributed by atoms with van der Waals surface area (Å²) < 4.78 is 5.07. The van der Waals surface area contributed by atoms with Gasteiger partial charge in [0.15, 0.2) is 0 Å². The van der Waals surface area contributed by atoms with E-state index in [1.807, 2.05) is 51.1 Å². The second kappa shape index (κ2) is 6.03. The molecule has 1 aliphatic heterocycles.